The van der Waals surface area contributed by atoms with Crippen molar-refractivity contribution in [1.82, 2.24) is 4.98 Å². The molecule has 0 aliphatic carbocycles. The fourth-order valence-corrected chi connectivity index (χ4v) is 1.79. The number of para-hydroxylation sites is 1. The van der Waals surface area contributed by atoms with Crippen LogP contribution < -0.4 is 10.6 Å². The van der Waals surface area contributed by atoms with Crippen molar-refractivity contribution in [1.29, 1.82) is 0 Å². The first-order valence-electron chi connectivity index (χ1n) is 6.07. The van der Waals surface area contributed by atoms with Gasteiger partial charge in [-0.05, 0) is 24.3 Å². The van der Waals surface area contributed by atoms with Crippen LogP contribution >= 0.6 is 11.6 Å². The molecule has 2 aromatic rings. The van der Waals surface area contributed by atoms with Crippen LogP contribution in [-0.4, -0.2) is 17.4 Å². The van der Waals surface area contributed by atoms with E-state index in [9.17, 15) is 4.79 Å². The minimum absolute atomic E-state index is 0.305. The van der Waals surface area contributed by atoms with Crippen LogP contribution in [0.15, 0.2) is 55.3 Å². The maximum Gasteiger partial charge on any atom is 0.274 e. The van der Waals surface area contributed by atoms with Gasteiger partial charge in [-0.25, -0.2) is 0 Å². The van der Waals surface area contributed by atoms with E-state index < -0.39 is 0 Å². The van der Waals surface area contributed by atoms with Crippen molar-refractivity contribution in [2.24, 2.45) is 0 Å². The number of nitrogens with zero attached hydrogens (tertiary/aromatic N) is 1. The van der Waals surface area contributed by atoms with Gasteiger partial charge in [0.25, 0.3) is 5.91 Å². The summed E-state index contributed by atoms with van der Waals surface area (Å²) >= 11 is 6.00. The van der Waals surface area contributed by atoms with Crippen molar-refractivity contribution in [3.05, 3.63) is 66.0 Å². The Morgan fingerprint density at radius 2 is 2.15 bits per heavy atom. The maximum absolute atomic E-state index is 12.1. The number of hydrogen-bond donors (Lipinski definition) is 2. The van der Waals surface area contributed by atoms with Crippen molar-refractivity contribution < 1.29 is 4.79 Å². The third-order valence-electron chi connectivity index (χ3n) is 2.57. The molecule has 1 aromatic heterocycles. The summed E-state index contributed by atoms with van der Waals surface area (Å²) in [6.45, 7) is 4.25. The molecular formula is C15H14ClN3O. The van der Waals surface area contributed by atoms with Gasteiger partial charge in [-0.2, -0.15) is 0 Å². The zero-order valence-corrected chi connectivity index (χ0v) is 11.5. The molecule has 0 atom stereocenters. The Bertz CT molecular complexity index is 628. The van der Waals surface area contributed by atoms with Crippen LogP contribution in [0.5, 0.6) is 0 Å². The SMILES string of the molecule is C=CCNc1ccnc(C(=O)Nc2ccccc2Cl)c1. The van der Waals surface area contributed by atoms with Gasteiger partial charge in [0.15, 0.2) is 0 Å². The van der Waals surface area contributed by atoms with Crippen molar-refractivity contribution in [3.8, 4) is 0 Å². The molecule has 0 bridgehead atoms. The van der Waals surface area contributed by atoms with E-state index in [-0.39, 0.29) is 5.91 Å². The first-order chi connectivity index (χ1) is 9.70. The molecule has 0 aliphatic rings. The Morgan fingerprint density at radius 1 is 1.35 bits per heavy atom. The van der Waals surface area contributed by atoms with Crippen LogP contribution in [0, 0.1) is 0 Å². The number of amides is 1. The normalized spacial score (nSPS) is 9.85. The zero-order chi connectivity index (χ0) is 14.4. The molecule has 0 spiro atoms. The molecule has 5 heteroatoms. The second-order valence-electron chi connectivity index (χ2n) is 4.03. The Morgan fingerprint density at radius 3 is 2.90 bits per heavy atom. The molecule has 0 unspecified atom stereocenters. The van der Waals surface area contributed by atoms with E-state index in [0.29, 0.717) is 22.9 Å². The van der Waals surface area contributed by atoms with E-state index in [1.807, 2.05) is 0 Å². The van der Waals surface area contributed by atoms with Crippen LogP contribution in [0.1, 0.15) is 10.5 Å². The standard InChI is InChI=1S/C15H14ClN3O/c1-2-8-17-11-7-9-18-14(10-11)15(20)19-13-6-4-3-5-12(13)16/h2-7,9-10H,1,8H2,(H,17,18)(H,19,20). The predicted molar refractivity (Wildman–Crippen MR) is 82.3 cm³/mol. The van der Waals surface area contributed by atoms with E-state index in [4.69, 9.17) is 11.6 Å². The Hall–Kier alpha value is -2.33. The topological polar surface area (TPSA) is 54.0 Å². The summed E-state index contributed by atoms with van der Waals surface area (Å²) in [5.74, 6) is -0.305. The van der Waals surface area contributed by atoms with Crippen LogP contribution in [0.2, 0.25) is 5.02 Å². The van der Waals surface area contributed by atoms with Gasteiger partial charge in [-0.15, -0.1) is 6.58 Å². The molecule has 2 rings (SSSR count). The summed E-state index contributed by atoms with van der Waals surface area (Å²) in [6.07, 6.45) is 3.32. The van der Waals surface area contributed by atoms with Crippen LogP contribution in [0.25, 0.3) is 0 Å². The number of carbonyl (C=O) groups excluding carboxylic acids is 1. The van der Waals surface area contributed by atoms with E-state index >= 15 is 0 Å². The van der Waals surface area contributed by atoms with Gasteiger partial charge < -0.3 is 10.6 Å². The first-order valence-corrected chi connectivity index (χ1v) is 6.45. The summed E-state index contributed by atoms with van der Waals surface area (Å²) in [5, 5.41) is 6.32. The molecule has 102 valence electrons. The third kappa shape index (κ3) is 3.59. The third-order valence-corrected chi connectivity index (χ3v) is 2.89. The van der Waals surface area contributed by atoms with Crippen molar-refractivity contribution >= 4 is 28.9 Å². The number of rotatable bonds is 5. The number of anilines is 2. The van der Waals surface area contributed by atoms with Gasteiger partial charge >= 0.3 is 0 Å². The maximum atomic E-state index is 12.1. The van der Waals surface area contributed by atoms with E-state index in [1.165, 1.54) is 0 Å². The molecule has 1 aromatic carbocycles. The Kier molecular flexibility index (Phi) is 4.74. The molecule has 0 fully saturated rings. The molecule has 0 saturated heterocycles. The van der Waals surface area contributed by atoms with Crippen molar-refractivity contribution in [3.63, 3.8) is 0 Å². The lowest BCUT2D eigenvalue weighted by Crippen LogP contribution is -2.14. The van der Waals surface area contributed by atoms with Crippen LogP contribution in [0.3, 0.4) is 0 Å². The lowest BCUT2D eigenvalue weighted by molar-refractivity contribution is 0.102. The van der Waals surface area contributed by atoms with Gasteiger partial charge in [0, 0.05) is 18.4 Å². The summed E-state index contributed by atoms with van der Waals surface area (Å²) in [6, 6.07) is 10.5. The van der Waals surface area contributed by atoms with Gasteiger partial charge in [0.2, 0.25) is 0 Å². The average Bonchev–Trinajstić information content (AvgIpc) is 2.48. The van der Waals surface area contributed by atoms with Crippen molar-refractivity contribution in [2.75, 3.05) is 17.2 Å². The highest BCUT2D eigenvalue weighted by Crippen LogP contribution is 2.21. The number of pyridine rings is 1. The van der Waals surface area contributed by atoms with Gasteiger partial charge in [0.1, 0.15) is 5.69 Å². The number of benzene rings is 1. The quantitative estimate of drug-likeness (QED) is 0.826. The summed E-state index contributed by atoms with van der Waals surface area (Å²) in [4.78, 5) is 16.2. The van der Waals surface area contributed by atoms with E-state index in [0.717, 1.165) is 5.69 Å². The lowest BCUT2D eigenvalue weighted by Gasteiger charge is -2.08. The molecule has 1 amide bonds. The fourth-order valence-electron chi connectivity index (χ4n) is 1.60. The summed E-state index contributed by atoms with van der Waals surface area (Å²) in [7, 11) is 0. The van der Waals surface area contributed by atoms with E-state index in [2.05, 4.69) is 22.2 Å². The highest BCUT2D eigenvalue weighted by molar-refractivity contribution is 6.33. The number of nitrogens with one attached hydrogen (secondary N) is 2. The van der Waals surface area contributed by atoms with Gasteiger partial charge in [-0.1, -0.05) is 29.8 Å². The lowest BCUT2D eigenvalue weighted by atomic mass is 10.2. The second-order valence-corrected chi connectivity index (χ2v) is 4.44. The molecule has 1 heterocycles. The predicted octanol–water partition coefficient (Wildman–Crippen LogP) is 3.59. The molecule has 0 radical (unpaired) electrons. The number of aromatic nitrogens is 1. The van der Waals surface area contributed by atoms with Gasteiger partial charge in [-0.3, -0.25) is 9.78 Å². The fraction of sp³-hybridized carbons (Fsp3) is 0.0667. The van der Waals surface area contributed by atoms with Crippen LogP contribution in [-0.2, 0) is 0 Å². The smallest absolute Gasteiger partial charge is 0.274 e. The molecular weight excluding hydrogens is 274 g/mol. The Labute approximate surface area is 122 Å². The monoisotopic (exact) mass is 287 g/mol. The first kappa shape index (κ1) is 14.1. The van der Waals surface area contributed by atoms with E-state index in [1.54, 1.807) is 48.7 Å². The largest absolute Gasteiger partial charge is 0.381 e. The highest BCUT2D eigenvalue weighted by Gasteiger charge is 2.09. The number of halogens is 1. The number of carbonyl (C=O) groups is 1. The molecule has 2 N–H and O–H groups in total. The van der Waals surface area contributed by atoms with Crippen molar-refractivity contribution in [2.45, 2.75) is 0 Å². The average molecular weight is 288 g/mol. The van der Waals surface area contributed by atoms with Gasteiger partial charge in [0.05, 0.1) is 10.7 Å². The second kappa shape index (κ2) is 6.73. The minimum Gasteiger partial charge on any atom is -0.381 e. The molecule has 20 heavy (non-hydrogen) atoms. The molecule has 4 nitrogen and oxygen atoms in total. The molecule has 0 saturated carbocycles. The number of hydrogen-bond acceptors (Lipinski definition) is 3. The Balaban J connectivity index is 2.13. The zero-order valence-electron chi connectivity index (χ0n) is 10.8. The summed E-state index contributed by atoms with van der Waals surface area (Å²) in [5.41, 5.74) is 1.69. The molecule has 0 aliphatic heterocycles. The minimum atomic E-state index is -0.305. The highest BCUT2D eigenvalue weighted by atomic mass is 35.5. The van der Waals surface area contributed by atoms with Crippen LogP contribution in [0.4, 0.5) is 11.4 Å². The summed E-state index contributed by atoms with van der Waals surface area (Å²) < 4.78 is 0.